The highest BCUT2D eigenvalue weighted by molar-refractivity contribution is 6.29. The van der Waals surface area contributed by atoms with Crippen LogP contribution in [-0.4, -0.2) is 29.7 Å². The maximum absolute atomic E-state index is 12.4. The zero-order chi connectivity index (χ0) is 22.0. The van der Waals surface area contributed by atoms with Gasteiger partial charge in [0, 0.05) is 30.8 Å². The fourth-order valence-electron chi connectivity index (χ4n) is 2.74. The summed E-state index contributed by atoms with van der Waals surface area (Å²) in [5.41, 5.74) is 3.20. The summed E-state index contributed by atoms with van der Waals surface area (Å²) >= 11 is 5.93. The molecule has 2 N–H and O–H groups in total. The summed E-state index contributed by atoms with van der Waals surface area (Å²) < 4.78 is 2.77. The molecule has 11 nitrogen and oxygen atoms in total. The molecule has 0 aliphatic carbocycles. The molecular weight excluding hydrogens is 414 g/mol. The average molecular weight is 432 g/mol. The lowest BCUT2D eigenvalue weighted by atomic mass is 10.1. The van der Waals surface area contributed by atoms with Crippen LogP contribution < -0.4 is 16.7 Å². The molecule has 0 unspecified atom stereocenters. The topological polar surface area (TPSA) is 140 Å². The Morgan fingerprint density at radius 2 is 2.00 bits per heavy atom. The third-order valence-corrected chi connectivity index (χ3v) is 4.54. The molecule has 0 radical (unpaired) electrons. The second-order valence-electron chi connectivity index (χ2n) is 6.44. The second-order valence-corrected chi connectivity index (χ2v) is 7.04. The van der Waals surface area contributed by atoms with Crippen molar-refractivity contribution in [3.63, 3.8) is 0 Å². The van der Waals surface area contributed by atoms with Crippen LogP contribution in [-0.2, 0) is 13.6 Å². The number of imidazole rings is 1. The first-order chi connectivity index (χ1) is 14.2. The van der Waals surface area contributed by atoms with E-state index in [9.17, 15) is 19.7 Å². The molecule has 3 rings (SSSR count). The summed E-state index contributed by atoms with van der Waals surface area (Å²) in [6, 6.07) is 5.92. The lowest BCUT2D eigenvalue weighted by molar-refractivity contribution is -0.384. The Bertz CT molecular complexity index is 1300. The summed E-state index contributed by atoms with van der Waals surface area (Å²) in [6.07, 6.45) is 1.69. The van der Waals surface area contributed by atoms with E-state index in [4.69, 9.17) is 11.6 Å². The number of non-ortho nitro benzene ring substituents is 1. The minimum atomic E-state index is -0.585. The van der Waals surface area contributed by atoms with Crippen LogP contribution in [0.1, 0.15) is 19.4 Å². The predicted molar refractivity (Wildman–Crippen MR) is 114 cm³/mol. The Morgan fingerprint density at radius 1 is 1.33 bits per heavy atom. The van der Waals surface area contributed by atoms with E-state index in [1.807, 2.05) is 0 Å². The minimum Gasteiger partial charge on any atom is -0.299 e. The molecule has 0 fully saturated rings. The van der Waals surface area contributed by atoms with Crippen molar-refractivity contribution in [1.29, 1.82) is 0 Å². The summed E-state index contributed by atoms with van der Waals surface area (Å²) in [6.45, 7) is 3.64. The Balaban J connectivity index is 2.04. The summed E-state index contributed by atoms with van der Waals surface area (Å²) in [5.74, 6) is 0.229. The number of nitro groups is 1. The smallest absolute Gasteiger partial charge is 0.299 e. The second kappa shape index (κ2) is 8.33. The Hall–Kier alpha value is -3.73. The van der Waals surface area contributed by atoms with Gasteiger partial charge in [0.2, 0.25) is 5.95 Å². The number of nitro benzene ring substituents is 1. The van der Waals surface area contributed by atoms with E-state index < -0.39 is 16.2 Å². The van der Waals surface area contributed by atoms with Crippen LogP contribution in [0.3, 0.4) is 0 Å². The summed E-state index contributed by atoms with van der Waals surface area (Å²) in [5, 5.41) is 15.6. The number of anilines is 1. The highest BCUT2D eigenvalue weighted by atomic mass is 35.5. The van der Waals surface area contributed by atoms with Crippen LogP contribution in [0, 0.1) is 10.1 Å². The maximum atomic E-state index is 12.4. The lowest BCUT2D eigenvalue weighted by Gasteiger charge is -2.07. The van der Waals surface area contributed by atoms with Crippen LogP contribution in [0.25, 0.3) is 11.2 Å². The number of allylic oxidation sites excluding steroid dienone is 2. The molecular formula is C18H18ClN7O4. The van der Waals surface area contributed by atoms with E-state index in [1.54, 1.807) is 36.6 Å². The maximum Gasteiger partial charge on any atom is 0.329 e. The monoisotopic (exact) mass is 431 g/mol. The van der Waals surface area contributed by atoms with Crippen molar-refractivity contribution in [3.8, 4) is 0 Å². The van der Waals surface area contributed by atoms with Gasteiger partial charge in [0.05, 0.1) is 10.6 Å². The summed E-state index contributed by atoms with van der Waals surface area (Å²) in [4.78, 5) is 41.2. The number of hydrazone groups is 1. The number of hydrogen-bond acceptors (Lipinski definition) is 7. The predicted octanol–water partition coefficient (Wildman–Crippen LogP) is 2.31. The number of aromatic nitrogens is 4. The molecule has 3 aromatic rings. The number of rotatable bonds is 6. The number of fused-ring (bicyclic) bond motifs is 1. The zero-order valence-electron chi connectivity index (χ0n) is 16.3. The van der Waals surface area contributed by atoms with Crippen molar-refractivity contribution in [2.24, 2.45) is 12.1 Å². The first kappa shape index (κ1) is 21.0. The third-order valence-electron chi connectivity index (χ3n) is 4.38. The van der Waals surface area contributed by atoms with E-state index in [0.717, 1.165) is 0 Å². The number of hydrogen-bond donors (Lipinski definition) is 2. The van der Waals surface area contributed by atoms with Crippen LogP contribution in [0.15, 0.2) is 50.1 Å². The highest BCUT2D eigenvalue weighted by Crippen LogP contribution is 2.17. The molecule has 0 amide bonds. The first-order valence-electron chi connectivity index (χ1n) is 8.76. The zero-order valence-corrected chi connectivity index (χ0v) is 17.1. The molecule has 30 heavy (non-hydrogen) atoms. The van der Waals surface area contributed by atoms with Gasteiger partial charge in [0.25, 0.3) is 11.2 Å². The molecule has 0 bridgehead atoms. The van der Waals surface area contributed by atoms with Crippen LogP contribution >= 0.6 is 11.6 Å². The summed E-state index contributed by atoms with van der Waals surface area (Å²) in [7, 11) is 1.50. The number of nitrogens with one attached hydrogen (secondary N) is 2. The number of H-pyrrole nitrogens is 1. The molecule has 0 aliphatic rings. The molecule has 0 saturated heterocycles. The van der Waals surface area contributed by atoms with Crippen molar-refractivity contribution >= 4 is 40.1 Å². The van der Waals surface area contributed by atoms with Gasteiger partial charge in [-0.3, -0.25) is 29.0 Å². The van der Waals surface area contributed by atoms with Gasteiger partial charge in [-0.2, -0.15) is 10.1 Å². The van der Waals surface area contributed by atoms with Crippen molar-refractivity contribution in [3.05, 3.63) is 71.9 Å². The molecule has 2 aromatic heterocycles. The van der Waals surface area contributed by atoms with Crippen molar-refractivity contribution in [1.82, 2.24) is 19.1 Å². The third kappa shape index (κ3) is 4.15. The minimum absolute atomic E-state index is 0.0234. The number of nitrogens with zero attached hydrogens (tertiary/aromatic N) is 5. The van der Waals surface area contributed by atoms with Gasteiger partial charge in [0.1, 0.15) is 0 Å². The SMILES string of the molecule is C/C(Cl)=C/Cn1c(N/N=C(/C)c2ccc([N+](=O)[O-])cc2)nc2c1c(=O)[nH]c(=O)n2C. The lowest BCUT2D eigenvalue weighted by Crippen LogP contribution is -2.29. The van der Waals surface area contributed by atoms with Crippen LogP contribution in [0.5, 0.6) is 0 Å². The first-order valence-corrected chi connectivity index (χ1v) is 9.13. The Morgan fingerprint density at radius 3 is 2.60 bits per heavy atom. The van der Waals surface area contributed by atoms with Gasteiger partial charge >= 0.3 is 5.69 Å². The van der Waals surface area contributed by atoms with Crippen LogP contribution in [0.2, 0.25) is 0 Å². The van der Waals surface area contributed by atoms with Gasteiger partial charge in [0.15, 0.2) is 11.2 Å². The van der Waals surface area contributed by atoms with Gasteiger partial charge in [-0.1, -0.05) is 17.7 Å². The van der Waals surface area contributed by atoms with Crippen molar-refractivity contribution in [2.75, 3.05) is 5.43 Å². The van der Waals surface area contributed by atoms with Gasteiger partial charge in [-0.05, 0) is 31.5 Å². The van der Waals surface area contributed by atoms with Gasteiger partial charge in [-0.15, -0.1) is 0 Å². The van der Waals surface area contributed by atoms with Crippen molar-refractivity contribution in [2.45, 2.75) is 20.4 Å². The van der Waals surface area contributed by atoms with Crippen molar-refractivity contribution < 1.29 is 4.92 Å². The number of aromatic amines is 1. The normalized spacial score (nSPS) is 12.4. The molecule has 12 heteroatoms. The van der Waals surface area contributed by atoms with Gasteiger partial charge < -0.3 is 0 Å². The molecule has 0 spiro atoms. The standard InChI is InChI=1S/C18H18ClN7O4/c1-10(19)8-9-25-14-15(24(3)18(28)21-16(14)27)20-17(25)23-22-11(2)12-4-6-13(7-5-12)26(29)30/h4-8H,9H2,1-3H3,(H,20,23)(H,21,27,28)/b10-8-,22-11-. The number of aryl methyl sites for hydroxylation is 1. The Kier molecular flexibility index (Phi) is 5.83. The largest absolute Gasteiger partial charge is 0.329 e. The fourth-order valence-corrected chi connectivity index (χ4v) is 2.81. The molecule has 1 aromatic carbocycles. The highest BCUT2D eigenvalue weighted by Gasteiger charge is 2.16. The molecule has 2 heterocycles. The average Bonchev–Trinajstić information content (AvgIpc) is 3.08. The van der Waals surface area contributed by atoms with E-state index in [2.05, 4.69) is 20.5 Å². The van der Waals surface area contributed by atoms with Gasteiger partial charge in [-0.25, -0.2) is 10.2 Å². The van der Waals surface area contributed by atoms with E-state index >= 15 is 0 Å². The molecule has 0 saturated carbocycles. The Labute approximate surface area is 174 Å². The van der Waals surface area contributed by atoms with E-state index in [-0.39, 0.29) is 29.3 Å². The van der Waals surface area contributed by atoms with Crippen LogP contribution in [0.4, 0.5) is 11.6 Å². The quantitative estimate of drug-likeness (QED) is 0.348. The van der Waals surface area contributed by atoms with E-state index in [1.165, 1.54) is 23.7 Å². The van der Waals surface area contributed by atoms with E-state index in [0.29, 0.717) is 16.3 Å². The molecule has 156 valence electrons. The fraction of sp³-hybridized carbons (Fsp3) is 0.222. The number of halogens is 1. The number of benzene rings is 1. The molecule has 0 atom stereocenters. The molecule has 0 aliphatic heterocycles.